The number of hydrogen-bond donors (Lipinski definition) is 1. The van der Waals surface area contributed by atoms with E-state index >= 15 is 0 Å². The normalized spacial score (nSPS) is 13.8. The number of hydrogen-bond acceptors (Lipinski definition) is 2. The first-order chi connectivity index (χ1) is 8.97. The quantitative estimate of drug-likeness (QED) is 0.759. The Bertz CT molecular complexity index is 385. The third-order valence-corrected chi connectivity index (χ3v) is 4.44. The molecule has 0 radical (unpaired) electrons. The van der Waals surface area contributed by atoms with Gasteiger partial charge < -0.3 is 5.32 Å². The van der Waals surface area contributed by atoms with Crippen molar-refractivity contribution in [3.63, 3.8) is 0 Å². The van der Waals surface area contributed by atoms with Crippen LogP contribution < -0.4 is 5.32 Å². The van der Waals surface area contributed by atoms with E-state index in [2.05, 4.69) is 65.6 Å². The monoisotopic (exact) mass is 329 g/mol. The van der Waals surface area contributed by atoms with Crippen molar-refractivity contribution in [2.75, 3.05) is 6.54 Å². The van der Waals surface area contributed by atoms with Crippen LogP contribution in [0.15, 0.2) is 10.7 Å². The van der Waals surface area contributed by atoms with E-state index in [-0.39, 0.29) is 5.41 Å². The maximum absolute atomic E-state index is 4.51. The van der Waals surface area contributed by atoms with E-state index in [0.717, 1.165) is 36.8 Å². The van der Waals surface area contributed by atoms with E-state index in [1.165, 1.54) is 5.69 Å². The van der Waals surface area contributed by atoms with Crippen LogP contribution in [-0.4, -0.2) is 16.3 Å². The number of nitrogens with one attached hydrogen (secondary N) is 1. The lowest BCUT2D eigenvalue weighted by Crippen LogP contribution is -2.36. The zero-order valence-electron chi connectivity index (χ0n) is 13.0. The molecule has 1 unspecified atom stereocenters. The summed E-state index contributed by atoms with van der Waals surface area (Å²) in [7, 11) is 0. The number of halogens is 1. The van der Waals surface area contributed by atoms with Crippen molar-refractivity contribution >= 4 is 15.9 Å². The smallest absolute Gasteiger partial charge is 0.0701 e. The molecular weight excluding hydrogens is 302 g/mol. The molecule has 0 fully saturated rings. The highest BCUT2D eigenvalue weighted by atomic mass is 79.9. The Kier molecular flexibility index (Phi) is 6.54. The highest BCUT2D eigenvalue weighted by molar-refractivity contribution is 9.10. The van der Waals surface area contributed by atoms with Gasteiger partial charge in [-0.1, -0.05) is 34.6 Å². The second-order valence-corrected chi connectivity index (χ2v) is 6.68. The first-order valence-corrected chi connectivity index (χ1v) is 8.21. The second-order valence-electron chi connectivity index (χ2n) is 5.83. The molecule has 1 atom stereocenters. The fourth-order valence-electron chi connectivity index (χ4n) is 2.28. The standard InChI is InChI=1S/C15H28BrN3/c1-6-9-17-14(15(4,5)8-3)13-12(16)11-18-19(13)10-7-2/h11,14,17H,6-10H2,1-5H3. The lowest BCUT2D eigenvalue weighted by molar-refractivity contribution is 0.222. The lowest BCUT2D eigenvalue weighted by atomic mass is 9.80. The van der Waals surface area contributed by atoms with Gasteiger partial charge in [0.15, 0.2) is 0 Å². The van der Waals surface area contributed by atoms with Crippen LogP contribution >= 0.6 is 15.9 Å². The van der Waals surface area contributed by atoms with Gasteiger partial charge in [-0.15, -0.1) is 0 Å². The molecule has 0 aliphatic rings. The van der Waals surface area contributed by atoms with Crippen molar-refractivity contribution in [2.45, 2.75) is 66.5 Å². The molecule has 0 saturated carbocycles. The lowest BCUT2D eigenvalue weighted by Gasteiger charge is -2.35. The largest absolute Gasteiger partial charge is 0.308 e. The minimum absolute atomic E-state index is 0.212. The van der Waals surface area contributed by atoms with Gasteiger partial charge in [-0.25, -0.2) is 0 Å². The van der Waals surface area contributed by atoms with Gasteiger partial charge in [0.05, 0.1) is 22.4 Å². The summed E-state index contributed by atoms with van der Waals surface area (Å²) in [5.41, 5.74) is 1.51. The minimum Gasteiger partial charge on any atom is -0.308 e. The summed E-state index contributed by atoms with van der Waals surface area (Å²) >= 11 is 3.68. The molecule has 4 heteroatoms. The Morgan fingerprint density at radius 1 is 1.32 bits per heavy atom. The van der Waals surface area contributed by atoms with Crippen LogP contribution in [0.3, 0.4) is 0 Å². The predicted molar refractivity (Wildman–Crippen MR) is 85.3 cm³/mol. The molecule has 19 heavy (non-hydrogen) atoms. The van der Waals surface area contributed by atoms with Crippen molar-refractivity contribution in [3.8, 4) is 0 Å². The molecule has 3 nitrogen and oxygen atoms in total. The van der Waals surface area contributed by atoms with Gasteiger partial charge in [-0.2, -0.15) is 5.10 Å². The maximum atomic E-state index is 4.51. The van der Waals surface area contributed by atoms with Gasteiger partial charge >= 0.3 is 0 Å². The Balaban J connectivity index is 3.12. The molecule has 0 aromatic carbocycles. The molecule has 1 rings (SSSR count). The molecule has 0 spiro atoms. The molecule has 1 N–H and O–H groups in total. The molecule has 1 aromatic rings. The third kappa shape index (κ3) is 4.06. The topological polar surface area (TPSA) is 29.9 Å². The average Bonchev–Trinajstić information content (AvgIpc) is 2.72. The van der Waals surface area contributed by atoms with Gasteiger partial charge in [0.1, 0.15) is 0 Å². The maximum Gasteiger partial charge on any atom is 0.0701 e. The zero-order valence-corrected chi connectivity index (χ0v) is 14.5. The van der Waals surface area contributed by atoms with Crippen molar-refractivity contribution in [2.24, 2.45) is 5.41 Å². The first kappa shape index (κ1) is 16.7. The molecule has 1 aromatic heterocycles. The van der Waals surface area contributed by atoms with Crippen LogP contribution in [0.2, 0.25) is 0 Å². The van der Waals surface area contributed by atoms with E-state index in [9.17, 15) is 0 Å². The molecule has 0 bridgehead atoms. The average molecular weight is 330 g/mol. The zero-order chi connectivity index (χ0) is 14.5. The van der Waals surface area contributed by atoms with Gasteiger partial charge in [0, 0.05) is 6.54 Å². The SMILES string of the molecule is CCCNC(c1c(Br)cnn1CCC)C(C)(C)CC. The van der Waals surface area contributed by atoms with E-state index in [1.54, 1.807) is 0 Å². The van der Waals surface area contributed by atoms with Crippen molar-refractivity contribution in [1.82, 2.24) is 15.1 Å². The molecule has 0 saturated heterocycles. The fourth-order valence-corrected chi connectivity index (χ4v) is 2.81. The van der Waals surface area contributed by atoms with Gasteiger partial charge in [-0.05, 0) is 47.2 Å². The summed E-state index contributed by atoms with van der Waals surface area (Å²) in [4.78, 5) is 0. The summed E-state index contributed by atoms with van der Waals surface area (Å²) in [5, 5.41) is 8.22. The van der Waals surface area contributed by atoms with Crippen molar-refractivity contribution in [3.05, 3.63) is 16.4 Å². The second kappa shape index (κ2) is 7.44. The summed E-state index contributed by atoms with van der Waals surface area (Å²) in [5.74, 6) is 0. The number of aryl methyl sites for hydroxylation is 1. The number of rotatable bonds is 8. The van der Waals surface area contributed by atoms with E-state index in [4.69, 9.17) is 0 Å². The Hall–Kier alpha value is -0.350. The Labute approximate surface area is 126 Å². The van der Waals surface area contributed by atoms with Crippen molar-refractivity contribution < 1.29 is 0 Å². The van der Waals surface area contributed by atoms with Crippen molar-refractivity contribution in [1.29, 1.82) is 0 Å². The molecule has 0 aliphatic heterocycles. The summed E-state index contributed by atoms with van der Waals surface area (Å²) in [6.45, 7) is 13.3. The van der Waals surface area contributed by atoms with E-state index < -0.39 is 0 Å². The summed E-state index contributed by atoms with van der Waals surface area (Å²) < 4.78 is 3.27. The summed E-state index contributed by atoms with van der Waals surface area (Å²) in [6, 6.07) is 0.334. The van der Waals surface area contributed by atoms with Crippen LogP contribution in [0.5, 0.6) is 0 Å². The Morgan fingerprint density at radius 3 is 2.53 bits per heavy atom. The third-order valence-electron chi connectivity index (χ3n) is 3.83. The molecular formula is C15H28BrN3. The fraction of sp³-hybridized carbons (Fsp3) is 0.800. The highest BCUT2D eigenvalue weighted by Gasteiger charge is 2.32. The highest BCUT2D eigenvalue weighted by Crippen LogP contribution is 2.39. The van der Waals surface area contributed by atoms with Gasteiger partial charge in [0.2, 0.25) is 0 Å². The van der Waals surface area contributed by atoms with Crippen LogP contribution in [0.1, 0.15) is 65.6 Å². The van der Waals surface area contributed by atoms with Crippen LogP contribution in [0, 0.1) is 5.41 Å². The minimum atomic E-state index is 0.212. The molecule has 0 aliphatic carbocycles. The van der Waals surface area contributed by atoms with E-state index in [1.807, 2.05) is 6.20 Å². The van der Waals surface area contributed by atoms with Gasteiger partial charge in [0.25, 0.3) is 0 Å². The molecule has 0 amide bonds. The Morgan fingerprint density at radius 2 is 2.00 bits per heavy atom. The van der Waals surface area contributed by atoms with E-state index in [0.29, 0.717) is 6.04 Å². The van der Waals surface area contributed by atoms with Gasteiger partial charge in [-0.3, -0.25) is 4.68 Å². The van der Waals surface area contributed by atoms with Crippen LogP contribution in [-0.2, 0) is 6.54 Å². The molecule has 1 heterocycles. The van der Waals surface area contributed by atoms with Crippen LogP contribution in [0.4, 0.5) is 0 Å². The number of nitrogens with zero attached hydrogens (tertiary/aromatic N) is 2. The summed E-state index contributed by atoms with van der Waals surface area (Å²) in [6.07, 6.45) is 5.32. The number of aromatic nitrogens is 2. The predicted octanol–water partition coefficient (Wildman–Crippen LogP) is 4.53. The first-order valence-electron chi connectivity index (χ1n) is 7.42. The van der Waals surface area contributed by atoms with Crippen LogP contribution in [0.25, 0.3) is 0 Å². The molecule has 110 valence electrons.